The summed E-state index contributed by atoms with van der Waals surface area (Å²) in [5.74, 6) is -0.386. The van der Waals surface area contributed by atoms with E-state index in [9.17, 15) is 22.8 Å². The van der Waals surface area contributed by atoms with Gasteiger partial charge in [-0.3, -0.25) is 4.79 Å². The van der Waals surface area contributed by atoms with E-state index in [1.807, 2.05) is 18.9 Å². The van der Waals surface area contributed by atoms with Crippen LogP contribution in [0.5, 0.6) is 0 Å². The summed E-state index contributed by atoms with van der Waals surface area (Å²) >= 11 is 0. The first-order valence-electron chi connectivity index (χ1n) is 13.6. The maximum atomic E-state index is 13.7. The lowest BCUT2D eigenvalue weighted by molar-refractivity contribution is -0.137. The number of nitrogens with zero attached hydrogens (tertiary/aromatic N) is 5. The van der Waals surface area contributed by atoms with Crippen LogP contribution < -0.4 is 10.6 Å². The fourth-order valence-corrected chi connectivity index (χ4v) is 4.66. The van der Waals surface area contributed by atoms with Gasteiger partial charge in [0.25, 0.3) is 5.91 Å². The number of rotatable bonds is 9. The quantitative estimate of drug-likeness (QED) is 0.438. The van der Waals surface area contributed by atoms with Crippen molar-refractivity contribution in [1.82, 2.24) is 24.7 Å². The molecule has 2 fully saturated rings. The molecule has 3 heterocycles. The molecule has 0 aliphatic carbocycles. The first-order chi connectivity index (χ1) is 19.2. The number of hydrogen-bond donors (Lipinski definition) is 2. The zero-order valence-corrected chi connectivity index (χ0v) is 22.9. The van der Waals surface area contributed by atoms with Crippen LogP contribution in [0.1, 0.15) is 47.7 Å². The van der Waals surface area contributed by atoms with Gasteiger partial charge in [0.2, 0.25) is 5.95 Å². The Balaban J connectivity index is 1.44. The summed E-state index contributed by atoms with van der Waals surface area (Å²) in [6.07, 6.45) is -1.66. The first kappa shape index (κ1) is 29.4. The predicted molar refractivity (Wildman–Crippen MR) is 145 cm³/mol. The molecular formula is C27H36F3N7O3. The number of benzene rings is 1. The summed E-state index contributed by atoms with van der Waals surface area (Å²) in [6.45, 7) is 6.38. The minimum atomic E-state index is -4.64. The molecule has 0 spiro atoms. The van der Waals surface area contributed by atoms with Crippen molar-refractivity contribution in [3.8, 4) is 0 Å². The van der Waals surface area contributed by atoms with Crippen LogP contribution in [0.4, 0.5) is 35.4 Å². The molecule has 10 nitrogen and oxygen atoms in total. The minimum Gasteiger partial charge on any atom is -0.449 e. The largest absolute Gasteiger partial charge is 0.449 e. The van der Waals surface area contributed by atoms with Gasteiger partial charge in [0.15, 0.2) is 0 Å². The highest BCUT2D eigenvalue weighted by atomic mass is 19.4. The second-order valence-electron chi connectivity index (χ2n) is 9.99. The van der Waals surface area contributed by atoms with Crippen molar-refractivity contribution in [2.45, 2.75) is 38.8 Å². The number of cyclic esters (lactones) is 1. The Morgan fingerprint density at radius 2 is 1.90 bits per heavy atom. The molecule has 0 unspecified atom stereocenters. The van der Waals surface area contributed by atoms with Crippen molar-refractivity contribution in [2.75, 3.05) is 70.1 Å². The molecule has 2 saturated heterocycles. The molecule has 40 heavy (non-hydrogen) atoms. The van der Waals surface area contributed by atoms with Crippen LogP contribution in [0.2, 0.25) is 0 Å². The van der Waals surface area contributed by atoms with Gasteiger partial charge >= 0.3 is 12.3 Å². The van der Waals surface area contributed by atoms with Crippen LogP contribution in [0.15, 0.2) is 24.4 Å². The normalized spacial score (nSPS) is 16.9. The number of likely N-dealkylation sites (N-methyl/N-ethyl adjacent to an activating group) is 1. The van der Waals surface area contributed by atoms with Gasteiger partial charge in [-0.15, -0.1) is 0 Å². The molecule has 2 aliphatic rings. The van der Waals surface area contributed by atoms with Crippen molar-refractivity contribution in [3.63, 3.8) is 0 Å². The third kappa shape index (κ3) is 7.52. The second-order valence-corrected chi connectivity index (χ2v) is 9.99. The average Bonchev–Trinajstić information content (AvgIpc) is 3.14. The highest BCUT2D eigenvalue weighted by Crippen LogP contribution is 2.34. The zero-order valence-electron chi connectivity index (χ0n) is 22.9. The van der Waals surface area contributed by atoms with E-state index in [4.69, 9.17) is 4.74 Å². The van der Waals surface area contributed by atoms with E-state index in [2.05, 4.69) is 25.5 Å². The maximum absolute atomic E-state index is 13.7. The number of aromatic nitrogens is 2. The van der Waals surface area contributed by atoms with Crippen LogP contribution in [0, 0.1) is 0 Å². The number of carbonyl (C=O) groups is 2. The molecule has 1 aromatic heterocycles. The van der Waals surface area contributed by atoms with Crippen LogP contribution in [-0.4, -0.2) is 96.1 Å². The van der Waals surface area contributed by atoms with E-state index >= 15 is 0 Å². The van der Waals surface area contributed by atoms with Crippen molar-refractivity contribution in [1.29, 1.82) is 0 Å². The second kappa shape index (κ2) is 13.2. The number of amides is 2. The number of ether oxygens (including phenoxy) is 1. The van der Waals surface area contributed by atoms with Crippen LogP contribution in [0.25, 0.3) is 0 Å². The first-order valence-corrected chi connectivity index (χ1v) is 13.6. The molecule has 0 radical (unpaired) electrons. The number of carbonyl (C=O) groups excluding carboxylic acids is 2. The van der Waals surface area contributed by atoms with Gasteiger partial charge < -0.3 is 30.1 Å². The number of anilines is 3. The van der Waals surface area contributed by atoms with Crippen molar-refractivity contribution in [3.05, 3.63) is 41.1 Å². The van der Waals surface area contributed by atoms with Gasteiger partial charge in [-0.2, -0.15) is 18.2 Å². The molecule has 2 aliphatic heterocycles. The molecule has 2 aromatic rings. The van der Waals surface area contributed by atoms with Gasteiger partial charge in [0.1, 0.15) is 11.4 Å². The maximum Gasteiger partial charge on any atom is 0.421 e. The Morgan fingerprint density at radius 3 is 2.62 bits per heavy atom. The summed E-state index contributed by atoms with van der Waals surface area (Å²) in [5, 5.41) is 5.78. The van der Waals surface area contributed by atoms with E-state index in [1.165, 1.54) is 0 Å². The fraction of sp³-hybridized carbons (Fsp3) is 0.556. The highest BCUT2D eigenvalue weighted by molar-refractivity contribution is 5.95. The molecule has 13 heteroatoms. The Bertz CT molecular complexity index is 1190. The molecule has 2 amide bonds. The van der Waals surface area contributed by atoms with Gasteiger partial charge in [0.05, 0.1) is 6.61 Å². The van der Waals surface area contributed by atoms with Gasteiger partial charge in [0, 0.05) is 63.3 Å². The van der Waals surface area contributed by atoms with E-state index in [0.29, 0.717) is 56.9 Å². The summed E-state index contributed by atoms with van der Waals surface area (Å²) in [4.78, 5) is 38.6. The third-order valence-corrected chi connectivity index (χ3v) is 7.07. The minimum absolute atomic E-state index is 0.000518. The number of halogens is 3. The molecular weight excluding hydrogens is 527 g/mol. The Kier molecular flexibility index (Phi) is 9.67. The fourth-order valence-electron chi connectivity index (χ4n) is 4.66. The van der Waals surface area contributed by atoms with Gasteiger partial charge in [-0.1, -0.05) is 6.92 Å². The summed E-state index contributed by atoms with van der Waals surface area (Å²) in [7, 11) is 2.02. The Morgan fingerprint density at radius 1 is 1.12 bits per heavy atom. The lowest BCUT2D eigenvalue weighted by Gasteiger charge is -2.32. The van der Waals surface area contributed by atoms with Gasteiger partial charge in [-0.25, -0.2) is 9.78 Å². The van der Waals surface area contributed by atoms with Crippen LogP contribution in [0.3, 0.4) is 0 Å². The van der Waals surface area contributed by atoms with E-state index in [1.54, 1.807) is 23.1 Å². The van der Waals surface area contributed by atoms with E-state index in [-0.39, 0.29) is 24.2 Å². The highest BCUT2D eigenvalue weighted by Gasteiger charge is 2.35. The molecule has 218 valence electrons. The van der Waals surface area contributed by atoms with Gasteiger partial charge in [-0.05, 0) is 56.5 Å². The topological polar surface area (TPSA) is 103 Å². The monoisotopic (exact) mass is 563 g/mol. The van der Waals surface area contributed by atoms with Crippen molar-refractivity contribution in [2.24, 2.45) is 0 Å². The molecule has 0 bridgehead atoms. The molecule has 1 aromatic carbocycles. The summed E-state index contributed by atoms with van der Waals surface area (Å²) in [6, 6.07) is 5.25. The molecule has 0 saturated carbocycles. The number of aryl methyl sites for hydroxylation is 1. The molecule has 0 atom stereocenters. The molecule has 4 rings (SSSR count). The number of hydrogen-bond acceptors (Lipinski definition) is 8. The van der Waals surface area contributed by atoms with Crippen molar-refractivity contribution < 1.29 is 27.5 Å². The predicted octanol–water partition coefficient (Wildman–Crippen LogP) is 4.22. The summed E-state index contributed by atoms with van der Waals surface area (Å²) < 4.78 is 46.1. The lowest BCUT2D eigenvalue weighted by atomic mass is 10.0. The SMILES string of the molecule is CCc1cc(C(=O)N2CCN(C)CC2)ccc1Nc1ncc(C(F)(F)F)c(NCCCN2CCCCOC2=O)n1. The lowest BCUT2D eigenvalue weighted by Crippen LogP contribution is -2.47. The average molecular weight is 564 g/mol. The number of alkyl halides is 3. The Labute approximate surface area is 231 Å². The summed E-state index contributed by atoms with van der Waals surface area (Å²) in [5.41, 5.74) is 1.03. The molecule has 2 N–H and O–H groups in total. The third-order valence-electron chi connectivity index (χ3n) is 7.07. The van der Waals surface area contributed by atoms with Crippen molar-refractivity contribution >= 4 is 29.5 Å². The number of piperazine rings is 1. The number of nitrogens with one attached hydrogen (secondary N) is 2. The van der Waals surface area contributed by atoms with Crippen LogP contribution >= 0.6 is 0 Å². The smallest absolute Gasteiger partial charge is 0.421 e. The standard InChI is InChI=1S/C27H36F3N7O3/c1-3-19-17-20(24(38)36-14-12-35(2)13-15-36)7-8-22(19)33-25-32-18-21(27(28,29)30)23(34-25)31-9-6-11-37-10-4-5-16-40-26(37)39/h7-8,17-18H,3-6,9-16H2,1-2H3,(H2,31,32,33,34). The van der Waals surface area contributed by atoms with Crippen LogP contribution in [-0.2, 0) is 17.3 Å². The van der Waals surface area contributed by atoms with E-state index < -0.39 is 17.8 Å². The Hall–Kier alpha value is -3.61. The van der Waals surface area contributed by atoms with E-state index in [0.717, 1.165) is 37.7 Å². The zero-order chi connectivity index (χ0) is 28.7.